The number of halogens is 1. The number of nitrogens with two attached hydrogens (primary N) is 1. The second-order valence-corrected chi connectivity index (χ2v) is 8.02. The van der Waals surface area contributed by atoms with Crippen molar-refractivity contribution in [3.8, 4) is 28.6 Å². The normalized spacial score (nSPS) is 12.9. The highest BCUT2D eigenvalue weighted by Gasteiger charge is 2.21. The van der Waals surface area contributed by atoms with Crippen LogP contribution in [0.2, 0.25) is 0 Å². The lowest BCUT2D eigenvalue weighted by Gasteiger charge is -2.16. The topological polar surface area (TPSA) is 131 Å². The zero-order chi connectivity index (χ0) is 24.9. The van der Waals surface area contributed by atoms with E-state index >= 15 is 0 Å². The van der Waals surface area contributed by atoms with Crippen molar-refractivity contribution in [1.82, 2.24) is 14.8 Å². The van der Waals surface area contributed by atoms with Crippen LogP contribution in [0.3, 0.4) is 0 Å². The first kappa shape index (κ1) is 24.0. The first-order valence-electron chi connectivity index (χ1n) is 11.1. The molecule has 1 aliphatic heterocycles. The lowest BCUT2D eigenvalue weighted by Crippen LogP contribution is -2.20. The lowest BCUT2D eigenvalue weighted by molar-refractivity contribution is -0.120. The number of nitrogens with zero attached hydrogens (tertiary/aromatic N) is 3. The number of fused-ring (bicyclic) bond motifs is 1. The third-order valence-corrected chi connectivity index (χ3v) is 5.66. The smallest absolute Gasteiger partial charge is 0.256 e. The van der Waals surface area contributed by atoms with Crippen LogP contribution in [0, 0.1) is 5.82 Å². The van der Waals surface area contributed by atoms with Crippen molar-refractivity contribution >= 4 is 17.5 Å². The molecule has 2 aromatic carbocycles. The van der Waals surface area contributed by atoms with E-state index in [1.54, 1.807) is 6.07 Å². The van der Waals surface area contributed by atoms with Gasteiger partial charge in [0.25, 0.3) is 11.8 Å². The zero-order valence-corrected chi connectivity index (χ0v) is 19.5. The molecule has 3 N–H and O–H groups in total. The average molecular weight is 484 g/mol. The van der Waals surface area contributed by atoms with Gasteiger partial charge in [0.2, 0.25) is 5.75 Å². The zero-order valence-electron chi connectivity index (χ0n) is 19.5. The minimum Gasteiger partial charge on any atom is -0.493 e. The maximum absolute atomic E-state index is 14.7. The molecule has 184 valence electrons. The summed E-state index contributed by atoms with van der Waals surface area (Å²) in [4.78, 5) is 24.1. The number of nitrogens with one attached hydrogen (secondary N) is 1. The van der Waals surface area contributed by atoms with Crippen LogP contribution in [0.5, 0.6) is 17.2 Å². The fourth-order valence-electron chi connectivity index (χ4n) is 3.95. The van der Waals surface area contributed by atoms with Crippen molar-refractivity contribution in [2.24, 2.45) is 5.73 Å². The van der Waals surface area contributed by atoms with Gasteiger partial charge in [-0.3, -0.25) is 9.59 Å². The van der Waals surface area contributed by atoms with E-state index in [9.17, 15) is 14.0 Å². The Morgan fingerprint density at radius 2 is 1.83 bits per heavy atom. The molecule has 0 radical (unpaired) electrons. The molecule has 10 nitrogen and oxygen atoms in total. The summed E-state index contributed by atoms with van der Waals surface area (Å²) in [6.07, 6.45) is 4.04. The standard InChI is InChI=1S/C24H26FN5O5/c1-33-18-11-15(12-19(34-2)22(18)35-13-20(26)31)24(32)27-17-10-14(7-8-16(17)25)23-29-28-21-6-4-3-5-9-30(21)23/h7-8,10-12H,3-6,9,13H2,1-2H3,(H2,26,31)(H,27,32). The van der Waals surface area contributed by atoms with Gasteiger partial charge in [-0.05, 0) is 43.2 Å². The molecular formula is C24H26FN5O5. The molecule has 0 spiro atoms. The van der Waals surface area contributed by atoms with E-state index < -0.39 is 24.2 Å². The van der Waals surface area contributed by atoms with E-state index in [2.05, 4.69) is 15.5 Å². The highest BCUT2D eigenvalue weighted by atomic mass is 19.1. The highest BCUT2D eigenvalue weighted by Crippen LogP contribution is 2.39. The summed E-state index contributed by atoms with van der Waals surface area (Å²) < 4.78 is 32.6. The van der Waals surface area contributed by atoms with E-state index in [0.29, 0.717) is 11.4 Å². The van der Waals surface area contributed by atoms with E-state index in [0.717, 1.165) is 38.1 Å². The number of hydrogen-bond acceptors (Lipinski definition) is 7. The second-order valence-electron chi connectivity index (χ2n) is 8.02. The molecule has 2 amide bonds. The predicted molar refractivity (Wildman–Crippen MR) is 125 cm³/mol. The van der Waals surface area contributed by atoms with Gasteiger partial charge < -0.3 is 29.8 Å². The van der Waals surface area contributed by atoms with Crippen LogP contribution in [0.4, 0.5) is 10.1 Å². The maximum Gasteiger partial charge on any atom is 0.256 e. The molecule has 1 aliphatic rings. The molecule has 1 aromatic heterocycles. The molecule has 2 heterocycles. The molecule has 0 saturated heterocycles. The first-order valence-corrected chi connectivity index (χ1v) is 11.1. The third kappa shape index (κ3) is 5.18. The number of amides is 2. The Labute approximate surface area is 201 Å². The molecule has 35 heavy (non-hydrogen) atoms. The van der Waals surface area contributed by atoms with Gasteiger partial charge in [-0.15, -0.1) is 10.2 Å². The quantitative estimate of drug-likeness (QED) is 0.504. The molecule has 0 aliphatic carbocycles. The number of methoxy groups -OCH3 is 2. The van der Waals surface area contributed by atoms with Gasteiger partial charge in [-0.25, -0.2) is 4.39 Å². The number of rotatable bonds is 8. The van der Waals surface area contributed by atoms with Gasteiger partial charge in [-0.2, -0.15) is 0 Å². The van der Waals surface area contributed by atoms with Gasteiger partial charge in [0, 0.05) is 24.1 Å². The van der Waals surface area contributed by atoms with Crippen LogP contribution >= 0.6 is 0 Å². The number of primary amides is 1. The predicted octanol–water partition coefficient (Wildman–Crippen LogP) is 2.94. The largest absolute Gasteiger partial charge is 0.493 e. The number of aryl methyl sites for hydroxylation is 1. The van der Waals surface area contributed by atoms with Gasteiger partial charge in [0.15, 0.2) is 23.9 Å². The van der Waals surface area contributed by atoms with Crippen molar-refractivity contribution in [2.45, 2.75) is 32.2 Å². The van der Waals surface area contributed by atoms with Crippen molar-refractivity contribution < 1.29 is 28.2 Å². The van der Waals surface area contributed by atoms with Crippen molar-refractivity contribution in [2.75, 3.05) is 26.1 Å². The first-order chi connectivity index (χ1) is 16.9. The highest BCUT2D eigenvalue weighted by molar-refractivity contribution is 6.05. The van der Waals surface area contributed by atoms with Crippen LogP contribution in [0.25, 0.3) is 11.4 Å². The Bertz CT molecular complexity index is 1230. The number of ether oxygens (including phenoxy) is 3. The summed E-state index contributed by atoms with van der Waals surface area (Å²) in [5.74, 6) is 0.0771. The molecule has 4 rings (SSSR count). The Hall–Kier alpha value is -4.15. The van der Waals surface area contributed by atoms with Crippen LogP contribution in [0.1, 0.15) is 35.4 Å². The number of anilines is 1. The van der Waals surface area contributed by atoms with Crippen LogP contribution < -0.4 is 25.3 Å². The van der Waals surface area contributed by atoms with Gasteiger partial charge in [0.05, 0.1) is 19.9 Å². The number of aromatic nitrogens is 3. The SMILES string of the molecule is COc1cc(C(=O)Nc2cc(-c3nnc4n3CCCCC4)ccc2F)cc(OC)c1OCC(N)=O. The van der Waals surface area contributed by atoms with Crippen molar-refractivity contribution in [1.29, 1.82) is 0 Å². The molecule has 0 saturated carbocycles. The minimum atomic E-state index is -0.684. The average Bonchev–Trinajstić information content (AvgIpc) is 3.11. The molecule has 0 atom stereocenters. The Morgan fingerprint density at radius 3 is 2.51 bits per heavy atom. The summed E-state index contributed by atoms with van der Waals surface area (Å²) in [6, 6.07) is 7.23. The van der Waals surface area contributed by atoms with Crippen LogP contribution in [-0.4, -0.2) is 47.4 Å². The van der Waals surface area contributed by atoms with Gasteiger partial charge in [-0.1, -0.05) is 6.42 Å². The molecular weight excluding hydrogens is 457 g/mol. The Morgan fingerprint density at radius 1 is 1.09 bits per heavy atom. The van der Waals surface area contributed by atoms with E-state index in [-0.39, 0.29) is 28.5 Å². The molecule has 0 unspecified atom stereocenters. The molecule has 11 heteroatoms. The number of carbonyl (C=O) groups excluding carboxylic acids is 2. The third-order valence-electron chi connectivity index (χ3n) is 5.66. The fraction of sp³-hybridized carbons (Fsp3) is 0.333. The monoisotopic (exact) mass is 483 g/mol. The lowest BCUT2D eigenvalue weighted by atomic mass is 10.1. The van der Waals surface area contributed by atoms with Gasteiger partial charge >= 0.3 is 0 Å². The summed E-state index contributed by atoms with van der Waals surface area (Å²) >= 11 is 0. The van der Waals surface area contributed by atoms with E-state index in [4.69, 9.17) is 19.9 Å². The van der Waals surface area contributed by atoms with Crippen LogP contribution in [-0.2, 0) is 17.8 Å². The van der Waals surface area contributed by atoms with Crippen molar-refractivity contribution in [3.63, 3.8) is 0 Å². The summed E-state index contributed by atoms with van der Waals surface area (Å²) in [6.45, 7) is 0.392. The molecule has 0 fully saturated rings. The summed E-state index contributed by atoms with van der Waals surface area (Å²) in [7, 11) is 2.75. The van der Waals surface area contributed by atoms with E-state index in [1.165, 1.54) is 38.5 Å². The van der Waals surface area contributed by atoms with Gasteiger partial charge in [0.1, 0.15) is 11.6 Å². The Balaban J connectivity index is 1.62. The summed E-state index contributed by atoms with van der Waals surface area (Å²) in [5.41, 5.74) is 5.91. The number of hydrogen-bond donors (Lipinski definition) is 2. The molecule has 0 bridgehead atoms. The van der Waals surface area contributed by atoms with Crippen molar-refractivity contribution in [3.05, 3.63) is 47.5 Å². The maximum atomic E-state index is 14.7. The molecule has 3 aromatic rings. The van der Waals surface area contributed by atoms with Crippen LogP contribution in [0.15, 0.2) is 30.3 Å². The Kier molecular flexibility index (Phi) is 7.14. The summed E-state index contributed by atoms with van der Waals surface area (Å²) in [5, 5.41) is 11.2. The van der Waals surface area contributed by atoms with E-state index in [1.807, 2.05) is 4.57 Å². The number of carbonyl (C=O) groups is 2. The fourth-order valence-corrected chi connectivity index (χ4v) is 3.95. The minimum absolute atomic E-state index is 0.00883. The number of benzene rings is 2. The second kappa shape index (κ2) is 10.4.